The Morgan fingerprint density at radius 3 is 2.87 bits per heavy atom. The molecule has 0 aliphatic heterocycles. The third-order valence-corrected chi connectivity index (χ3v) is 2.91. The number of ether oxygens (including phenoxy) is 1. The molecule has 0 saturated carbocycles. The van der Waals surface area contributed by atoms with Crippen LogP contribution in [0.4, 0.5) is 9.18 Å². The van der Waals surface area contributed by atoms with Crippen LogP contribution >= 0.6 is 0 Å². The summed E-state index contributed by atoms with van der Waals surface area (Å²) in [4.78, 5) is 11.5. The molecule has 1 aromatic heterocycles. The zero-order valence-electron chi connectivity index (χ0n) is 13.3. The van der Waals surface area contributed by atoms with Crippen LogP contribution in [-0.4, -0.2) is 33.1 Å². The van der Waals surface area contributed by atoms with Gasteiger partial charge in [-0.1, -0.05) is 0 Å². The van der Waals surface area contributed by atoms with E-state index in [4.69, 9.17) is 4.74 Å². The molecule has 0 aliphatic rings. The second-order valence-electron chi connectivity index (χ2n) is 6.08. The van der Waals surface area contributed by atoms with Gasteiger partial charge in [0.1, 0.15) is 17.2 Å². The molecule has 0 unspecified atom stereocenters. The van der Waals surface area contributed by atoms with Crippen LogP contribution < -0.4 is 5.32 Å². The Kier molecular flexibility index (Phi) is 4.88. The van der Waals surface area contributed by atoms with E-state index >= 15 is 0 Å². The molecule has 0 atom stereocenters. The van der Waals surface area contributed by atoms with Crippen molar-refractivity contribution in [2.75, 3.05) is 6.54 Å². The maximum absolute atomic E-state index is 13.3. The minimum Gasteiger partial charge on any atom is -0.507 e. The summed E-state index contributed by atoms with van der Waals surface area (Å²) in [5.41, 5.74) is 0.424. The Labute approximate surface area is 133 Å². The smallest absolute Gasteiger partial charge is 0.407 e. The van der Waals surface area contributed by atoms with Gasteiger partial charge in [-0.3, -0.25) is 4.68 Å². The summed E-state index contributed by atoms with van der Waals surface area (Å²) >= 11 is 0. The molecule has 1 aromatic carbocycles. The predicted octanol–water partition coefficient (Wildman–Crippen LogP) is 2.92. The maximum atomic E-state index is 13.3. The van der Waals surface area contributed by atoms with Crippen molar-refractivity contribution in [1.82, 2.24) is 15.1 Å². The normalized spacial score (nSPS) is 11.3. The Hall–Kier alpha value is -2.57. The topological polar surface area (TPSA) is 76.4 Å². The van der Waals surface area contributed by atoms with Crippen LogP contribution in [0.25, 0.3) is 11.1 Å². The molecule has 2 rings (SSSR count). The highest BCUT2D eigenvalue weighted by atomic mass is 19.1. The molecule has 0 fully saturated rings. The molecular weight excluding hydrogens is 301 g/mol. The van der Waals surface area contributed by atoms with Crippen LogP contribution in [-0.2, 0) is 11.3 Å². The number of carbonyl (C=O) groups excluding carboxylic acids is 1. The van der Waals surface area contributed by atoms with Gasteiger partial charge in [-0.05, 0) is 39.0 Å². The van der Waals surface area contributed by atoms with Gasteiger partial charge in [0.15, 0.2) is 0 Å². The van der Waals surface area contributed by atoms with E-state index in [2.05, 4.69) is 10.4 Å². The fourth-order valence-corrected chi connectivity index (χ4v) is 1.95. The largest absolute Gasteiger partial charge is 0.507 e. The lowest BCUT2D eigenvalue weighted by Crippen LogP contribution is -2.34. The first-order valence-corrected chi connectivity index (χ1v) is 7.23. The van der Waals surface area contributed by atoms with E-state index in [1.54, 1.807) is 31.6 Å². The standard InChI is InChI=1S/C16H20FN3O3/c1-16(2,3)23-15(22)18-6-7-20-10-11(9-19-20)13-8-12(17)4-5-14(13)21/h4-5,8-10,21H,6-7H2,1-3H3,(H,18,22). The van der Waals surface area contributed by atoms with Crippen molar-refractivity contribution < 1.29 is 19.0 Å². The highest BCUT2D eigenvalue weighted by Crippen LogP contribution is 2.29. The molecule has 0 bridgehead atoms. The van der Waals surface area contributed by atoms with Crippen LogP contribution in [0, 0.1) is 5.82 Å². The van der Waals surface area contributed by atoms with Crippen molar-refractivity contribution >= 4 is 6.09 Å². The zero-order valence-corrected chi connectivity index (χ0v) is 13.3. The van der Waals surface area contributed by atoms with E-state index in [9.17, 15) is 14.3 Å². The molecule has 0 radical (unpaired) electrons. The molecule has 2 aromatic rings. The molecule has 6 nitrogen and oxygen atoms in total. The maximum Gasteiger partial charge on any atom is 0.407 e. The van der Waals surface area contributed by atoms with Crippen molar-refractivity contribution in [3.05, 3.63) is 36.4 Å². The number of phenols is 1. The number of carbonyl (C=O) groups is 1. The van der Waals surface area contributed by atoms with Gasteiger partial charge in [0.25, 0.3) is 0 Å². The first-order valence-electron chi connectivity index (χ1n) is 7.23. The molecule has 0 aliphatic carbocycles. The van der Waals surface area contributed by atoms with Crippen LogP contribution in [0.3, 0.4) is 0 Å². The second-order valence-corrected chi connectivity index (χ2v) is 6.08. The average Bonchev–Trinajstić information content (AvgIpc) is 2.88. The summed E-state index contributed by atoms with van der Waals surface area (Å²) in [7, 11) is 0. The van der Waals surface area contributed by atoms with Gasteiger partial charge in [0.2, 0.25) is 0 Å². The highest BCUT2D eigenvalue weighted by molar-refractivity contribution is 5.69. The predicted molar refractivity (Wildman–Crippen MR) is 83.5 cm³/mol. The summed E-state index contributed by atoms with van der Waals surface area (Å²) in [6.45, 7) is 6.13. The van der Waals surface area contributed by atoms with Gasteiger partial charge in [-0.2, -0.15) is 5.10 Å². The SMILES string of the molecule is CC(C)(C)OC(=O)NCCn1cc(-c2cc(F)ccc2O)cn1. The summed E-state index contributed by atoms with van der Waals surface area (Å²) in [5.74, 6) is -0.449. The van der Waals surface area contributed by atoms with Crippen LogP contribution in [0.15, 0.2) is 30.6 Å². The van der Waals surface area contributed by atoms with E-state index < -0.39 is 17.5 Å². The molecule has 1 amide bonds. The number of phenolic OH excluding ortho intramolecular Hbond substituents is 1. The van der Waals surface area contributed by atoms with Crippen molar-refractivity contribution in [2.24, 2.45) is 0 Å². The van der Waals surface area contributed by atoms with Gasteiger partial charge in [-0.25, -0.2) is 9.18 Å². The van der Waals surface area contributed by atoms with Crippen molar-refractivity contribution in [1.29, 1.82) is 0 Å². The van der Waals surface area contributed by atoms with Crippen molar-refractivity contribution in [3.63, 3.8) is 0 Å². The lowest BCUT2D eigenvalue weighted by Gasteiger charge is -2.19. The molecule has 124 valence electrons. The van der Waals surface area contributed by atoms with E-state index in [1.165, 1.54) is 24.4 Å². The van der Waals surface area contributed by atoms with Crippen LogP contribution in [0.2, 0.25) is 0 Å². The number of alkyl carbamates (subject to hydrolysis) is 1. The summed E-state index contributed by atoms with van der Waals surface area (Å²) in [6.07, 6.45) is 2.71. The van der Waals surface area contributed by atoms with Gasteiger partial charge < -0.3 is 15.2 Å². The molecule has 23 heavy (non-hydrogen) atoms. The first-order chi connectivity index (χ1) is 10.7. The fraction of sp³-hybridized carbons (Fsp3) is 0.375. The number of nitrogens with zero attached hydrogens (tertiary/aromatic N) is 2. The highest BCUT2D eigenvalue weighted by Gasteiger charge is 2.15. The average molecular weight is 321 g/mol. The number of aromatic nitrogens is 2. The number of amides is 1. The minimum atomic E-state index is -0.544. The Morgan fingerprint density at radius 1 is 1.43 bits per heavy atom. The molecule has 1 heterocycles. The van der Waals surface area contributed by atoms with Gasteiger partial charge in [0, 0.05) is 23.9 Å². The lowest BCUT2D eigenvalue weighted by molar-refractivity contribution is 0.0525. The number of rotatable bonds is 4. The molecular formula is C16H20FN3O3. The minimum absolute atomic E-state index is 0.0159. The zero-order chi connectivity index (χ0) is 17.0. The fourth-order valence-electron chi connectivity index (χ4n) is 1.95. The van der Waals surface area contributed by atoms with E-state index in [1.807, 2.05) is 0 Å². The summed E-state index contributed by atoms with van der Waals surface area (Å²) < 4.78 is 20.0. The summed E-state index contributed by atoms with van der Waals surface area (Å²) in [6, 6.07) is 3.73. The quantitative estimate of drug-likeness (QED) is 0.908. The third-order valence-electron chi connectivity index (χ3n) is 2.91. The molecule has 0 spiro atoms. The monoisotopic (exact) mass is 321 g/mol. The number of nitrogens with one attached hydrogen (secondary N) is 1. The molecule has 7 heteroatoms. The number of hydrogen-bond acceptors (Lipinski definition) is 4. The number of benzene rings is 1. The van der Waals surface area contributed by atoms with Gasteiger partial charge >= 0.3 is 6.09 Å². The Morgan fingerprint density at radius 2 is 2.17 bits per heavy atom. The Bertz CT molecular complexity index is 692. The summed E-state index contributed by atoms with van der Waals surface area (Å²) in [5, 5.41) is 16.5. The number of aromatic hydroxyl groups is 1. The van der Waals surface area contributed by atoms with Crippen molar-refractivity contribution in [2.45, 2.75) is 32.9 Å². The van der Waals surface area contributed by atoms with Crippen LogP contribution in [0.5, 0.6) is 5.75 Å². The number of halogens is 1. The lowest BCUT2D eigenvalue weighted by atomic mass is 10.1. The first kappa shape index (κ1) is 16.8. The van der Waals surface area contributed by atoms with E-state index in [0.29, 0.717) is 24.2 Å². The van der Waals surface area contributed by atoms with Crippen molar-refractivity contribution in [3.8, 4) is 16.9 Å². The molecule has 0 saturated heterocycles. The number of hydrogen-bond donors (Lipinski definition) is 2. The van der Waals surface area contributed by atoms with Gasteiger partial charge in [0.05, 0.1) is 12.7 Å². The van der Waals surface area contributed by atoms with E-state index in [-0.39, 0.29) is 5.75 Å². The third kappa shape index (κ3) is 4.98. The molecule has 2 N–H and O–H groups in total. The second kappa shape index (κ2) is 6.68. The van der Waals surface area contributed by atoms with Crippen LogP contribution in [0.1, 0.15) is 20.8 Å². The van der Waals surface area contributed by atoms with Gasteiger partial charge in [-0.15, -0.1) is 0 Å². The Balaban J connectivity index is 1.93. The van der Waals surface area contributed by atoms with E-state index in [0.717, 1.165) is 0 Å².